The largest absolute Gasteiger partial charge is 0.483 e. The Morgan fingerprint density at radius 1 is 0.938 bits per heavy atom. The maximum atomic E-state index is 13.8. The molecule has 0 unspecified atom stereocenters. The van der Waals surface area contributed by atoms with Crippen molar-refractivity contribution in [2.75, 3.05) is 19.7 Å². The van der Waals surface area contributed by atoms with E-state index in [1.807, 2.05) is 36.4 Å². The van der Waals surface area contributed by atoms with E-state index in [1.165, 1.54) is 18.2 Å². The zero-order chi connectivity index (χ0) is 22.3. The second-order valence-electron chi connectivity index (χ2n) is 6.77. The molecule has 1 aromatic heterocycles. The fraction of sp³-hybridized carbons (Fsp3) is 0.130. The van der Waals surface area contributed by atoms with Gasteiger partial charge in [0.2, 0.25) is 5.82 Å². The number of benzene rings is 3. The van der Waals surface area contributed by atoms with Gasteiger partial charge in [0.05, 0.1) is 5.56 Å². The van der Waals surface area contributed by atoms with E-state index in [0.717, 1.165) is 10.8 Å². The highest BCUT2D eigenvalue weighted by Gasteiger charge is 2.17. The quantitative estimate of drug-likeness (QED) is 0.413. The van der Waals surface area contributed by atoms with E-state index in [9.17, 15) is 14.0 Å². The molecule has 0 bridgehead atoms. The summed E-state index contributed by atoms with van der Waals surface area (Å²) in [6.45, 7) is 0.158. The molecule has 4 aromatic rings. The van der Waals surface area contributed by atoms with Crippen molar-refractivity contribution >= 4 is 22.6 Å². The standard InChI is InChI=1S/C23H19FN4O4/c24-18-10-4-3-9-17(18)21-27-23(32-28-21)22(30)26-13-12-25-20(29)14-31-19-11-5-7-15-6-1-2-8-16(15)19/h1-11H,12-14H2,(H,25,29)(H,26,30). The van der Waals surface area contributed by atoms with E-state index >= 15 is 0 Å². The van der Waals surface area contributed by atoms with Gasteiger partial charge in [0, 0.05) is 18.5 Å². The SMILES string of the molecule is O=C(COc1cccc2ccccc12)NCCNC(=O)c1nc(-c2ccccc2F)no1. The number of hydrogen-bond donors (Lipinski definition) is 2. The van der Waals surface area contributed by atoms with Gasteiger partial charge in [0.1, 0.15) is 11.6 Å². The summed E-state index contributed by atoms with van der Waals surface area (Å²) in [5, 5.41) is 10.8. The number of hydrogen-bond acceptors (Lipinski definition) is 6. The Bertz CT molecular complexity index is 1250. The summed E-state index contributed by atoms with van der Waals surface area (Å²) in [5.74, 6) is -1.17. The maximum Gasteiger partial charge on any atom is 0.316 e. The van der Waals surface area contributed by atoms with Gasteiger partial charge in [-0.15, -0.1) is 0 Å². The lowest BCUT2D eigenvalue weighted by Crippen LogP contribution is -2.36. The molecule has 0 spiro atoms. The molecular weight excluding hydrogens is 415 g/mol. The minimum absolute atomic E-state index is 0.0212. The Morgan fingerprint density at radius 2 is 1.69 bits per heavy atom. The van der Waals surface area contributed by atoms with Crippen LogP contribution in [0.2, 0.25) is 0 Å². The normalized spacial score (nSPS) is 10.7. The topological polar surface area (TPSA) is 106 Å². The first-order chi connectivity index (χ1) is 15.6. The lowest BCUT2D eigenvalue weighted by molar-refractivity contribution is -0.123. The minimum atomic E-state index is -0.624. The van der Waals surface area contributed by atoms with E-state index in [1.54, 1.807) is 12.1 Å². The summed E-state index contributed by atoms with van der Waals surface area (Å²) in [5.41, 5.74) is 0.133. The summed E-state index contributed by atoms with van der Waals surface area (Å²) in [7, 11) is 0. The lowest BCUT2D eigenvalue weighted by Gasteiger charge is -2.10. The molecule has 9 heteroatoms. The Morgan fingerprint density at radius 3 is 2.56 bits per heavy atom. The Labute approximate surface area is 182 Å². The van der Waals surface area contributed by atoms with Crippen molar-refractivity contribution in [3.05, 3.63) is 78.4 Å². The zero-order valence-corrected chi connectivity index (χ0v) is 16.9. The molecule has 4 rings (SSSR count). The predicted octanol–water partition coefficient (Wildman–Crippen LogP) is 2.95. The molecule has 8 nitrogen and oxygen atoms in total. The van der Waals surface area contributed by atoms with Crippen LogP contribution in [0.4, 0.5) is 4.39 Å². The average Bonchev–Trinajstić information content (AvgIpc) is 3.31. The van der Waals surface area contributed by atoms with Crippen LogP contribution in [0, 0.1) is 5.82 Å². The molecule has 0 saturated heterocycles. The molecule has 1 heterocycles. The third kappa shape index (κ3) is 4.89. The number of amides is 2. The summed E-state index contributed by atoms with van der Waals surface area (Å²) in [6.07, 6.45) is 0. The number of rotatable bonds is 8. The molecule has 0 aliphatic heterocycles. The molecule has 0 aliphatic rings. The summed E-state index contributed by atoms with van der Waals surface area (Å²) < 4.78 is 24.3. The molecule has 0 radical (unpaired) electrons. The zero-order valence-electron chi connectivity index (χ0n) is 16.9. The van der Waals surface area contributed by atoms with E-state index in [0.29, 0.717) is 5.75 Å². The highest BCUT2D eigenvalue weighted by atomic mass is 19.1. The number of ether oxygens (including phenoxy) is 1. The number of carbonyl (C=O) groups excluding carboxylic acids is 2. The highest BCUT2D eigenvalue weighted by Crippen LogP contribution is 2.25. The Balaban J connectivity index is 1.22. The first-order valence-corrected chi connectivity index (χ1v) is 9.86. The van der Waals surface area contributed by atoms with Crippen molar-refractivity contribution in [2.45, 2.75) is 0 Å². The van der Waals surface area contributed by atoms with Crippen LogP contribution in [-0.2, 0) is 4.79 Å². The van der Waals surface area contributed by atoms with Gasteiger partial charge in [-0.2, -0.15) is 4.98 Å². The Hall–Kier alpha value is -4.27. The van der Waals surface area contributed by atoms with Gasteiger partial charge < -0.3 is 19.9 Å². The molecule has 3 aromatic carbocycles. The lowest BCUT2D eigenvalue weighted by atomic mass is 10.1. The second kappa shape index (κ2) is 9.69. The summed E-state index contributed by atoms with van der Waals surface area (Å²) >= 11 is 0. The smallest absolute Gasteiger partial charge is 0.316 e. The van der Waals surface area contributed by atoms with Crippen molar-refractivity contribution in [3.63, 3.8) is 0 Å². The number of aromatic nitrogens is 2. The van der Waals surface area contributed by atoms with E-state index in [-0.39, 0.29) is 42.9 Å². The number of carbonyl (C=O) groups is 2. The van der Waals surface area contributed by atoms with Gasteiger partial charge in [-0.3, -0.25) is 9.59 Å². The average molecular weight is 434 g/mol. The minimum Gasteiger partial charge on any atom is -0.483 e. The van der Waals surface area contributed by atoms with Gasteiger partial charge in [-0.1, -0.05) is 53.7 Å². The number of nitrogens with zero attached hydrogens (tertiary/aromatic N) is 2. The van der Waals surface area contributed by atoms with Gasteiger partial charge in [-0.05, 0) is 23.6 Å². The van der Waals surface area contributed by atoms with Crippen molar-refractivity contribution in [2.24, 2.45) is 0 Å². The van der Waals surface area contributed by atoms with Crippen molar-refractivity contribution in [3.8, 4) is 17.1 Å². The number of nitrogens with one attached hydrogen (secondary N) is 2. The molecule has 0 fully saturated rings. The maximum absolute atomic E-state index is 13.8. The van der Waals surface area contributed by atoms with Crippen LogP contribution in [0.3, 0.4) is 0 Å². The monoisotopic (exact) mass is 434 g/mol. The van der Waals surface area contributed by atoms with Gasteiger partial charge in [0.15, 0.2) is 6.61 Å². The summed E-state index contributed by atoms with van der Waals surface area (Å²) in [6, 6.07) is 19.3. The van der Waals surface area contributed by atoms with Crippen LogP contribution in [0.5, 0.6) is 5.75 Å². The van der Waals surface area contributed by atoms with Crippen LogP contribution in [0.15, 0.2) is 71.3 Å². The van der Waals surface area contributed by atoms with E-state index in [2.05, 4.69) is 20.8 Å². The summed E-state index contributed by atoms with van der Waals surface area (Å²) in [4.78, 5) is 28.1. The molecule has 162 valence electrons. The highest BCUT2D eigenvalue weighted by molar-refractivity contribution is 5.90. The van der Waals surface area contributed by atoms with Gasteiger partial charge >= 0.3 is 11.8 Å². The fourth-order valence-electron chi connectivity index (χ4n) is 3.04. The number of fused-ring (bicyclic) bond motifs is 1. The van der Waals surface area contributed by atoms with Crippen LogP contribution < -0.4 is 15.4 Å². The van der Waals surface area contributed by atoms with Crippen LogP contribution >= 0.6 is 0 Å². The van der Waals surface area contributed by atoms with Crippen LogP contribution in [0.1, 0.15) is 10.7 Å². The molecule has 2 amide bonds. The first kappa shape index (κ1) is 21.0. The number of halogens is 1. The van der Waals surface area contributed by atoms with E-state index < -0.39 is 11.7 Å². The van der Waals surface area contributed by atoms with Crippen LogP contribution in [-0.4, -0.2) is 41.7 Å². The molecule has 2 N–H and O–H groups in total. The molecular formula is C23H19FN4O4. The Kier molecular flexibility index (Phi) is 6.35. The molecule has 32 heavy (non-hydrogen) atoms. The van der Waals surface area contributed by atoms with Crippen molar-refractivity contribution in [1.82, 2.24) is 20.8 Å². The van der Waals surface area contributed by atoms with Crippen molar-refractivity contribution < 1.29 is 23.2 Å². The van der Waals surface area contributed by atoms with Crippen LogP contribution in [0.25, 0.3) is 22.2 Å². The van der Waals surface area contributed by atoms with Crippen molar-refractivity contribution in [1.29, 1.82) is 0 Å². The molecule has 0 aliphatic carbocycles. The fourth-order valence-corrected chi connectivity index (χ4v) is 3.04. The first-order valence-electron chi connectivity index (χ1n) is 9.86. The molecule has 0 atom stereocenters. The third-order valence-electron chi connectivity index (χ3n) is 4.58. The predicted molar refractivity (Wildman–Crippen MR) is 114 cm³/mol. The van der Waals surface area contributed by atoms with Gasteiger partial charge in [0.25, 0.3) is 5.91 Å². The second-order valence-corrected chi connectivity index (χ2v) is 6.77. The third-order valence-corrected chi connectivity index (χ3v) is 4.58. The van der Waals surface area contributed by atoms with E-state index in [4.69, 9.17) is 9.26 Å². The molecule has 0 saturated carbocycles. The van der Waals surface area contributed by atoms with Gasteiger partial charge in [-0.25, -0.2) is 4.39 Å².